The van der Waals surface area contributed by atoms with Crippen molar-refractivity contribution in [3.8, 4) is 0 Å². The molecule has 2 nitrogen and oxygen atoms in total. The Hall–Kier alpha value is -0.0800. The van der Waals surface area contributed by atoms with Gasteiger partial charge in [-0.2, -0.15) is 0 Å². The van der Waals surface area contributed by atoms with E-state index in [1.54, 1.807) is 0 Å². The highest BCUT2D eigenvalue weighted by atomic mass is 16.5. The largest absolute Gasteiger partial charge is 0.380 e. The molecular weight excluding hydrogens is 234 g/mol. The van der Waals surface area contributed by atoms with Gasteiger partial charge in [-0.15, -0.1) is 0 Å². The molecule has 0 amide bonds. The molecule has 0 aromatic carbocycles. The molecule has 1 aliphatic carbocycles. The van der Waals surface area contributed by atoms with Crippen LogP contribution in [-0.2, 0) is 4.74 Å². The van der Waals surface area contributed by atoms with E-state index in [9.17, 15) is 0 Å². The number of hydrogen-bond acceptors (Lipinski definition) is 2. The molecule has 1 saturated carbocycles. The second-order valence-electron chi connectivity index (χ2n) is 6.09. The van der Waals surface area contributed by atoms with E-state index in [4.69, 9.17) is 4.74 Å². The highest BCUT2D eigenvalue weighted by molar-refractivity contribution is 4.79. The molecule has 1 aliphatic rings. The van der Waals surface area contributed by atoms with E-state index < -0.39 is 0 Å². The first kappa shape index (κ1) is 17.0. The first-order valence-corrected chi connectivity index (χ1v) is 8.69. The summed E-state index contributed by atoms with van der Waals surface area (Å²) in [6.07, 6.45) is 13.5. The maximum Gasteiger partial charge on any atom is 0.0622 e. The Bertz CT molecular complexity index is 190. The number of nitrogens with one attached hydrogen (secondary N) is 1. The van der Waals surface area contributed by atoms with Gasteiger partial charge in [-0.3, -0.25) is 0 Å². The minimum absolute atomic E-state index is 0.603. The van der Waals surface area contributed by atoms with Crippen molar-refractivity contribution in [1.82, 2.24) is 5.32 Å². The summed E-state index contributed by atoms with van der Waals surface area (Å²) in [6.45, 7) is 7.53. The summed E-state index contributed by atoms with van der Waals surface area (Å²) in [6, 6.07) is 0.603. The van der Waals surface area contributed by atoms with Gasteiger partial charge >= 0.3 is 0 Å². The lowest BCUT2D eigenvalue weighted by Crippen LogP contribution is -2.41. The lowest BCUT2D eigenvalue weighted by atomic mass is 9.84. The molecule has 1 fully saturated rings. The molecule has 2 heteroatoms. The Morgan fingerprint density at radius 3 is 2.47 bits per heavy atom. The van der Waals surface area contributed by atoms with Gasteiger partial charge in [0.05, 0.1) is 6.61 Å². The van der Waals surface area contributed by atoms with Crippen LogP contribution in [0.5, 0.6) is 0 Å². The molecule has 0 aliphatic heterocycles. The van der Waals surface area contributed by atoms with Gasteiger partial charge in [-0.1, -0.05) is 52.4 Å². The number of unbranched alkanes of at least 4 members (excludes halogenated alkanes) is 3. The van der Waals surface area contributed by atoms with Crippen molar-refractivity contribution in [3.05, 3.63) is 0 Å². The summed E-state index contributed by atoms with van der Waals surface area (Å²) in [5.41, 5.74) is 0. The van der Waals surface area contributed by atoms with Crippen molar-refractivity contribution < 1.29 is 4.74 Å². The van der Waals surface area contributed by atoms with Crippen LogP contribution < -0.4 is 5.32 Å². The minimum Gasteiger partial charge on any atom is -0.380 e. The van der Waals surface area contributed by atoms with Crippen LogP contribution in [-0.4, -0.2) is 25.8 Å². The predicted molar refractivity (Wildman–Crippen MR) is 83.6 cm³/mol. The van der Waals surface area contributed by atoms with Crippen LogP contribution in [0.2, 0.25) is 0 Å². The standard InChI is InChI=1S/C17H35NO/c1-3-5-6-10-14-19-15-17(18-13-4-2)16-11-8-7-9-12-16/h16-18H,3-15H2,1-2H3. The number of ether oxygens (including phenoxy) is 1. The molecule has 0 heterocycles. The molecule has 0 radical (unpaired) electrons. The van der Waals surface area contributed by atoms with Gasteiger partial charge in [-0.05, 0) is 38.1 Å². The maximum absolute atomic E-state index is 5.93. The second-order valence-corrected chi connectivity index (χ2v) is 6.09. The average molecular weight is 269 g/mol. The SMILES string of the molecule is CCCCCCOCC(NCCC)C1CCCCC1. The number of rotatable bonds is 11. The van der Waals surface area contributed by atoms with Crippen molar-refractivity contribution in [2.75, 3.05) is 19.8 Å². The fraction of sp³-hybridized carbons (Fsp3) is 1.00. The van der Waals surface area contributed by atoms with Crippen LogP contribution in [0.4, 0.5) is 0 Å². The van der Waals surface area contributed by atoms with E-state index in [2.05, 4.69) is 19.2 Å². The van der Waals surface area contributed by atoms with Crippen LogP contribution >= 0.6 is 0 Å². The third-order valence-electron chi connectivity index (χ3n) is 4.32. The second kappa shape index (κ2) is 11.7. The quantitative estimate of drug-likeness (QED) is 0.556. The van der Waals surface area contributed by atoms with Crippen molar-refractivity contribution in [2.45, 2.75) is 84.1 Å². The van der Waals surface area contributed by atoms with E-state index in [1.165, 1.54) is 64.2 Å². The molecule has 0 bridgehead atoms. The van der Waals surface area contributed by atoms with Crippen molar-refractivity contribution >= 4 is 0 Å². The molecule has 1 atom stereocenters. The molecule has 1 N–H and O–H groups in total. The summed E-state index contributed by atoms with van der Waals surface area (Å²) >= 11 is 0. The predicted octanol–water partition coefficient (Wildman–Crippen LogP) is 4.53. The molecular formula is C17H35NO. The van der Waals surface area contributed by atoms with Crippen LogP contribution in [0.1, 0.15) is 78.1 Å². The van der Waals surface area contributed by atoms with Crippen molar-refractivity contribution in [2.24, 2.45) is 5.92 Å². The Morgan fingerprint density at radius 2 is 1.79 bits per heavy atom. The summed E-state index contributed by atoms with van der Waals surface area (Å²) in [5.74, 6) is 0.857. The lowest BCUT2D eigenvalue weighted by molar-refractivity contribution is 0.0817. The average Bonchev–Trinajstić information content (AvgIpc) is 2.46. The zero-order valence-corrected chi connectivity index (χ0v) is 13.3. The summed E-state index contributed by atoms with van der Waals surface area (Å²) in [5, 5.41) is 3.72. The first-order chi connectivity index (χ1) is 9.38. The Morgan fingerprint density at radius 1 is 1.00 bits per heavy atom. The molecule has 0 aromatic heterocycles. The summed E-state index contributed by atoms with van der Waals surface area (Å²) in [4.78, 5) is 0. The monoisotopic (exact) mass is 269 g/mol. The Labute approximate surface area is 120 Å². The molecule has 19 heavy (non-hydrogen) atoms. The van der Waals surface area contributed by atoms with E-state index in [-0.39, 0.29) is 0 Å². The Balaban J connectivity index is 2.16. The van der Waals surface area contributed by atoms with Crippen LogP contribution in [0.3, 0.4) is 0 Å². The molecule has 1 rings (SSSR count). The zero-order valence-electron chi connectivity index (χ0n) is 13.3. The lowest BCUT2D eigenvalue weighted by Gasteiger charge is -2.31. The summed E-state index contributed by atoms with van der Waals surface area (Å²) in [7, 11) is 0. The summed E-state index contributed by atoms with van der Waals surface area (Å²) < 4.78 is 5.93. The third-order valence-corrected chi connectivity index (χ3v) is 4.32. The van der Waals surface area contributed by atoms with Gasteiger partial charge in [0.2, 0.25) is 0 Å². The smallest absolute Gasteiger partial charge is 0.0622 e. The topological polar surface area (TPSA) is 21.3 Å². The van der Waals surface area contributed by atoms with E-state index in [0.29, 0.717) is 6.04 Å². The van der Waals surface area contributed by atoms with Crippen LogP contribution in [0.25, 0.3) is 0 Å². The molecule has 0 aromatic rings. The highest BCUT2D eigenvalue weighted by Gasteiger charge is 2.22. The van der Waals surface area contributed by atoms with E-state index in [0.717, 1.165) is 25.7 Å². The fourth-order valence-corrected chi connectivity index (χ4v) is 3.07. The zero-order chi connectivity index (χ0) is 13.8. The highest BCUT2D eigenvalue weighted by Crippen LogP contribution is 2.26. The third kappa shape index (κ3) is 7.94. The Kier molecular flexibility index (Phi) is 10.5. The van der Waals surface area contributed by atoms with Gasteiger partial charge in [0.25, 0.3) is 0 Å². The normalized spacial score (nSPS) is 18.6. The van der Waals surface area contributed by atoms with Crippen molar-refractivity contribution in [1.29, 1.82) is 0 Å². The molecule has 114 valence electrons. The first-order valence-electron chi connectivity index (χ1n) is 8.69. The minimum atomic E-state index is 0.603. The maximum atomic E-state index is 5.93. The van der Waals surface area contributed by atoms with Gasteiger partial charge in [0.1, 0.15) is 0 Å². The molecule has 0 saturated heterocycles. The molecule has 1 unspecified atom stereocenters. The van der Waals surface area contributed by atoms with E-state index in [1.807, 2.05) is 0 Å². The van der Waals surface area contributed by atoms with Gasteiger partial charge in [0.15, 0.2) is 0 Å². The van der Waals surface area contributed by atoms with Crippen LogP contribution in [0.15, 0.2) is 0 Å². The van der Waals surface area contributed by atoms with Gasteiger partial charge in [0, 0.05) is 12.6 Å². The fourth-order valence-electron chi connectivity index (χ4n) is 3.07. The van der Waals surface area contributed by atoms with Gasteiger partial charge in [-0.25, -0.2) is 0 Å². The number of hydrogen-bond donors (Lipinski definition) is 1. The van der Waals surface area contributed by atoms with Crippen LogP contribution in [0, 0.1) is 5.92 Å². The van der Waals surface area contributed by atoms with E-state index >= 15 is 0 Å². The van der Waals surface area contributed by atoms with Gasteiger partial charge < -0.3 is 10.1 Å². The molecule has 0 spiro atoms. The van der Waals surface area contributed by atoms with Crippen molar-refractivity contribution in [3.63, 3.8) is 0 Å².